The predicted molar refractivity (Wildman–Crippen MR) is 64.2 cm³/mol. The van der Waals surface area contributed by atoms with Crippen LogP contribution in [-0.4, -0.2) is 36.7 Å². The van der Waals surface area contributed by atoms with Gasteiger partial charge in [-0.05, 0) is 0 Å². The second-order valence-corrected chi connectivity index (χ2v) is 4.39. The number of carbonyl (C=O) groups excluding carboxylic acids is 2. The third-order valence-corrected chi connectivity index (χ3v) is 2.70. The van der Waals surface area contributed by atoms with Gasteiger partial charge in [-0.15, -0.1) is 0 Å². The van der Waals surface area contributed by atoms with E-state index in [9.17, 15) is 9.59 Å². The lowest BCUT2D eigenvalue weighted by Crippen LogP contribution is -2.06. The summed E-state index contributed by atoms with van der Waals surface area (Å²) in [7, 11) is 0. The zero-order chi connectivity index (χ0) is 11.3. The molecule has 0 saturated carbocycles. The molecule has 1 aliphatic rings. The highest BCUT2D eigenvalue weighted by Gasteiger charge is 2.37. The van der Waals surface area contributed by atoms with Crippen molar-refractivity contribution in [1.29, 1.82) is 0 Å². The molecule has 0 radical (unpaired) electrons. The molecule has 1 heterocycles. The first kappa shape index (κ1) is 12.8. The van der Waals surface area contributed by atoms with Crippen molar-refractivity contribution in [2.45, 2.75) is 0 Å². The lowest BCUT2D eigenvalue weighted by atomic mass is 10.5. The van der Waals surface area contributed by atoms with E-state index < -0.39 is 11.9 Å². The zero-order valence-electron chi connectivity index (χ0n) is 7.76. The van der Waals surface area contributed by atoms with E-state index in [0.29, 0.717) is 21.3 Å². The van der Waals surface area contributed by atoms with Gasteiger partial charge in [0.15, 0.2) is 0 Å². The molecular weight excluding hydrogens is 256 g/mol. The maximum atomic E-state index is 11.2. The standard InChI is InChI=1S/C8H10O4S3/c9-7(11-1-3-13)5-6(15-5)8(10)12-2-4-14/h13-14H,1-4H2. The fourth-order valence-corrected chi connectivity index (χ4v) is 1.54. The molecule has 1 aliphatic heterocycles. The van der Waals surface area contributed by atoms with Gasteiger partial charge in [-0.3, -0.25) is 0 Å². The summed E-state index contributed by atoms with van der Waals surface area (Å²) in [6.07, 6.45) is 0. The summed E-state index contributed by atoms with van der Waals surface area (Å²) >= 11 is 8.87. The quantitative estimate of drug-likeness (QED) is 0.552. The topological polar surface area (TPSA) is 52.6 Å². The van der Waals surface area contributed by atoms with E-state index in [-0.39, 0.29) is 13.2 Å². The van der Waals surface area contributed by atoms with Gasteiger partial charge >= 0.3 is 11.9 Å². The van der Waals surface area contributed by atoms with Crippen LogP contribution in [0.4, 0.5) is 0 Å². The van der Waals surface area contributed by atoms with E-state index in [1.165, 1.54) is 0 Å². The van der Waals surface area contributed by atoms with Gasteiger partial charge in [-0.2, -0.15) is 25.3 Å². The van der Waals surface area contributed by atoms with E-state index >= 15 is 0 Å². The highest BCUT2D eigenvalue weighted by molar-refractivity contribution is 8.15. The molecule has 0 aromatic heterocycles. The Morgan fingerprint density at radius 1 is 1.00 bits per heavy atom. The molecule has 0 amide bonds. The van der Waals surface area contributed by atoms with E-state index in [2.05, 4.69) is 25.3 Å². The Balaban J connectivity index is 2.36. The molecule has 1 rings (SSSR count). The molecule has 0 spiro atoms. The van der Waals surface area contributed by atoms with Gasteiger partial charge in [-0.25, -0.2) is 9.59 Å². The first-order valence-corrected chi connectivity index (χ1v) is 6.27. The summed E-state index contributed by atoms with van der Waals surface area (Å²) in [4.78, 5) is 23.1. The second kappa shape index (κ2) is 6.34. The van der Waals surface area contributed by atoms with E-state index in [1.807, 2.05) is 0 Å². The summed E-state index contributed by atoms with van der Waals surface area (Å²) in [6, 6.07) is 0. The van der Waals surface area contributed by atoms with Crippen LogP contribution in [-0.2, 0) is 19.1 Å². The third-order valence-electron chi connectivity index (χ3n) is 1.39. The van der Waals surface area contributed by atoms with Crippen molar-refractivity contribution in [3.8, 4) is 0 Å². The molecular formula is C8H10O4S3. The Labute approximate surface area is 103 Å². The average Bonchev–Trinajstić information content (AvgIpc) is 3.02. The second-order valence-electron chi connectivity index (χ2n) is 2.48. The fourth-order valence-electron chi connectivity index (χ4n) is 0.753. The van der Waals surface area contributed by atoms with Crippen LogP contribution in [0.1, 0.15) is 0 Å². The van der Waals surface area contributed by atoms with Crippen molar-refractivity contribution < 1.29 is 19.1 Å². The monoisotopic (exact) mass is 266 g/mol. The molecule has 0 N–H and O–H groups in total. The molecule has 0 saturated heterocycles. The van der Waals surface area contributed by atoms with Gasteiger partial charge in [0.2, 0.25) is 0 Å². The van der Waals surface area contributed by atoms with Crippen LogP contribution in [0, 0.1) is 0 Å². The molecule has 0 aromatic carbocycles. The van der Waals surface area contributed by atoms with Crippen molar-refractivity contribution >= 4 is 49.0 Å². The Morgan fingerprint density at radius 2 is 1.40 bits per heavy atom. The Morgan fingerprint density at radius 3 is 1.73 bits per heavy atom. The van der Waals surface area contributed by atoms with Crippen LogP contribution < -0.4 is 0 Å². The molecule has 0 aliphatic carbocycles. The first-order chi connectivity index (χ1) is 7.20. The molecule has 84 valence electrons. The van der Waals surface area contributed by atoms with Gasteiger partial charge in [0.05, 0.1) is 0 Å². The molecule has 0 aromatic rings. The molecule has 15 heavy (non-hydrogen) atoms. The molecule has 4 nitrogen and oxygen atoms in total. The third kappa shape index (κ3) is 4.00. The lowest BCUT2D eigenvalue weighted by Gasteiger charge is -1.96. The summed E-state index contributed by atoms with van der Waals surface area (Å²) in [5, 5.41) is 0. The Kier molecular flexibility index (Phi) is 5.41. The minimum Gasteiger partial charge on any atom is -0.461 e. The van der Waals surface area contributed by atoms with Crippen LogP contribution in [0.15, 0.2) is 9.81 Å². The number of thiol groups is 2. The minimum absolute atomic E-state index is 0.241. The van der Waals surface area contributed by atoms with Gasteiger partial charge in [0.25, 0.3) is 0 Å². The highest BCUT2D eigenvalue weighted by atomic mass is 32.2. The minimum atomic E-state index is -0.480. The predicted octanol–water partition coefficient (Wildman–Crippen LogP) is 0.891. The average molecular weight is 266 g/mol. The summed E-state index contributed by atoms with van der Waals surface area (Å²) in [6.45, 7) is 0.482. The number of rotatable bonds is 6. The molecule has 0 fully saturated rings. The van der Waals surface area contributed by atoms with Gasteiger partial charge in [-0.1, -0.05) is 11.8 Å². The fraction of sp³-hybridized carbons (Fsp3) is 0.500. The van der Waals surface area contributed by atoms with Gasteiger partial charge in [0.1, 0.15) is 23.0 Å². The number of hydrogen-bond donors (Lipinski definition) is 2. The first-order valence-electron chi connectivity index (χ1n) is 4.18. The lowest BCUT2D eigenvalue weighted by molar-refractivity contribution is -0.139. The van der Waals surface area contributed by atoms with Crippen LogP contribution in [0.3, 0.4) is 0 Å². The SMILES string of the molecule is O=C(OCCS)C1=C(C(=O)OCCS)S1. The van der Waals surface area contributed by atoms with Crippen molar-refractivity contribution in [1.82, 2.24) is 0 Å². The van der Waals surface area contributed by atoms with Crippen LogP contribution in [0.25, 0.3) is 0 Å². The van der Waals surface area contributed by atoms with E-state index in [0.717, 1.165) is 11.8 Å². The van der Waals surface area contributed by atoms with Crippen molar-refractivity contribution in [2.75, 3.05) is 24.7 Å². The van der Waals surface area contributed by atoms with Crippen LogP contribution in [0.2, 0.25) is 0 Å². The van der Waals surface area contributed by atoms with Crippen molar-refractivity contribution in [2.24, 2.45) is 0 Å². The number of thioether (sulfide) groups is 1. The maximum Gasteiger partial charge on any atom is 0.346 e. The summed E-state index contributed by atoms with van der Waals surface area (Å²) in [5.74, 6) is -0.0366. The highest BCUT2D eigenvalue weighted by Crippen LogP contribution is 2.46. The Hall–Kier alpha value is -0.270. The van der Waals surface area contributed by atoms with Crippen LogP contribution in [0.5, 0.6) is 0 Å². The molecule has 0 atom stereocenters. The zero-order valence-corrected chi connectivity index (χ0v) is 10.4. The van der Waals surface area contributed by atoms with Crippen LogP contribution >= 0.6 is 37.0 Å². The number of hydrogen-bond acceptors (Lipinski definition) is 7. The number of ether oxygens (including phenoxy) is 2. The van der Waals surface area contributed by atoms with Crippen molar-refractivity contribution in [3.05, 3.63) is 9.81 Å². The molecule has 0 unspecified atom stereocenters. The molecule has 0 bridgehead atoms. The van der Waals surface area contributed by atoms with E-state index in [4.69, 9.17) is 9.47 Å². The smallest absolute Gasteiger partial charge is 0.346 e. The summed E-state index contributed by atoms with van der Waals surface area (Å²) < 4.78 is 9.57. The van der Waals surface area contributed by atoms with Crippen molar-refractivity contribution in [3.63, 3.8) is 0 Å². The largest absolute Gasteiger partial charge is 0.461 e. The van der Waals surface area contributed by atoms with Gasteiger partial charge in [0, 0.05) is 11.5 Å². The van der Waals surface area contributed by atoms with Gasteiger partial charge < -0.3 is 9.47 Å². The Bertz CT molecular complexity index is 272. The normalized spacial score (nSPS) is 13.7. The number of esters is 2. The maximum absolute atomic E-state index is 11.2. The molecule has 7 heteroatoms. The number of carbonyl (C=O) groups is 2. The summed E-state index contributed by atoms with van der Waals surface area (Å²) in [5.41, 5.74) is 0. The van der Waals surface area contributed by atoms with E-state index in [1.54, 1.807) is 0 Å².